The number of carboxylic acids is 1. The lowest BCUT2D eigenvalue weighted by Crippen LogP contribution is -2.15. The Balaban J connectivity index is 4.23. The highest BCUT2D eigenvalue weighted by Crippen LogP contribution is 2.26. The normalized spacial score (nSPS) is 12.6. The summed E-state index contributed by atoms with van der Waals surface area (Å²) in [5, 5.41) is 10.6. The van der Waals surface area contributed by atoms with Gasteiger partial charge in [0.1, 0.15) is 0 Å². The second-order valence-electron chi connectivity index (χ2n) is 7.72. The Hall–Kier alpha value is -0.0500. The molecule has 0 amide bonds. The maximum absolute atomic E-state index is 11.6. The zero-order chi connectivity index (χ0) is 18.8. The standard InChI is InChI=1S/C22H43BrO2/c1-3-5-7-10-14-20(15-11-8-6-4-2)17-18-21(22(24)25)16-12-9-13-19-23/h20-21H,3-19H2,1-2H3,(H,24,25). The second kappa shape index (κ2) is 18.7. The number of alkyl halides is 1. The van der Waals surface area contributed by atoms with Gasteiger partial charge in [-0.15, -0.1) is 0 Å². The van der Waals surface area contributed by atoms with Crippen molar-refractivity contribution in [2.24, 2.45) is 11.8 Å². The molecule has 2 nitrogen and oxygen atoms in total. The molecular formula is C22H43BrO2. The highest BCUT2D eigenvalue weighted by Gasteiger charge is 2.19. The first-order chi connectivity index (χ1) is 12.2. The summed E-state index contributed by atoms with van der Waals surface area (Å²) in [6, 6.07) is 0. The van der Waals surface area contributed by atoms with Crippen LogP contribution in [0.2, 0.25) is 0 Å². The molecule has 0 radical (unpaired) electrons. The maximum Gasteiger partial charge on any atom is 0.306 e. The minimum Gasteiger partial charge on any atom is -0.481 e. The van der Waals surface area contributed by atoms with Crippen molar-refractivity contribution in [3.63, 3.8) is 0 Å². The van der Waals surface area contributed by atoms with E-state index in [1.807, 2.05) is 0 Å². The van der Waals surface area contributed by atoms with E-state index in [1.54, 1.807) is 0 Å². The van der Waals surface area contributed by atoms with Gasteiger partial charge >= 0.3 is 5.97 Å². The van der Waals surface area contributed by atoms with Crippen molar-refractivity contribution in [3.8, 4) is 0 Å². The van der Waals surface area contributed by atoms with Crippen LogP contribution in [0.5, 0.6) is 0 Å². The van der Waals surface area contributed by atoms with Crippen molar-refractivity contribution in [2.45, 2.75) is 117 Å². The van der Waals surface area contributed by atoms with Crippen LogP contribution < -0.4 is 0 Å². The van der Waals surface area contributed by atoms with Gasteiger partial charge < -0.3 is 5.11 Å². The van der Waals surface area contributed by atoms with E-state index in [-0.39, 0.29) is 5.92 Å². The van der Waals surface area contributed by atoms with Gasteiger partial charge in [-0.25, -0.2) is 0 Å². The summed E-state index contributed by atoms with van der Waals surface area (Å²) >= 11 is 3.45. The topological polar surface area (TPSA) is 37.3 Å². The van der Waals surface area contributed by atoms with E-state index in [1.165, 1.54) is 64.2 Å². The molecule has 0 aromatic rings. The van der Waals surface area contributed by atoms with Crippen molar-refractivity contribution in [2.75, 3.05) is 5.33 Å². The van der Waals surface area contributed by atoms with Crippen molar-refractivity contribution in [1.29, 1.82) is 0 Å². The summed E-state index contributed by atoms with van der Waals surface area (Å²) in [6.07, 6.45) is 19.4. The molecule has 3 heteroatoms. The van der Waals surface area contributed by atoms with Crippen LogP contribution in [0.4, 0.5) is 0 Å². The zero-order valence-electron chi connectivity index (χ0n) is 16.9. The summed E-state index contributed by atoms with van der Waals surface area (Å²) in [5.74, 6) is 0.0526. The Morgan fingerprint density at radius 1 is 0.720 bits per heavy atom. The Morgan fingerprint density at radius 2 is 1.24 bits per heavy atom. The molecule has 0 aromatic carbocycles. The Morgan fingerprint density at radius 3 is 1.72 bits per heavy atom. The predicted molar refractivity (Wildman–Crippen MR) is 114 cm³/mol. The number of halogens is 1. The Bertz CT molecular complexity index is 282. The van der Waals surface area contributed by atoms with Gasteiger partial charge in [0.25, 0.3) is 0 Å². The third-order valence-electron chi connectivity index (χ3n) is 5.39. The molecule has 1 N–H and O–H groups in total. The summed E-state index contributed by atoms with van der Waals surface area (Å²) in [4.78, 5) is 11.6. The number of unbranched alkanes of at least 4 members (excludes halogenated alkanes) is 8. The summed E-state index contributed by atoms with van der Waals surface area (Å²) in [5.41, 5.74) is 0. The molecule has 0 bridgehead atoms. The molecule has 0 saturated carbocycles. The fourth-order valence-corrected chi connectivity index (χ4v) is 4.04. The molecule has 1 unspecified atom stereocenters. The van der Waals surface area contributed by atoms with Gasteiger partial charge in [-0.2, -0.15) is 0 Å². The number of carbonyl (C=O) groups is 1. The predicted octanol–water partition coefficient (Wildman–Crippen LogP) is 7.98. The first-order valence-corrected chi connectivity index (χ1v) is 12.1. The average Bonchev–Trinajstić information content (AvgIpc) is 2.60. The number of carboxylic acid groups (broad SMARTS) is 1. The van der Waals surface area contributed by atoms with Gasteiger partial charge in [-0.1, -0.05) is 107 Å². The molecule has 0 rings (SSSR count). The molecular weight excluding hydrogens is 376 g/mol. The first-order valence-electron chi connectivity index (χ1n) is 10.9. The largest absolute Gasteiger partial charge is 0.481 e. The van der Waals surface area contributed by atoms with Gasteiger partial charge in [0, 0.05) is 5.33 Å². The molecule has 0 saturated heterocycles. The SMILES string of the molecule is CCCCCCC(CCCCCC)CCC(CCCCCBr)C(=O)O. The molecule has 0 aliphatic carbocycles. The van der Waals surface area contributed by atoms with E-state index in [0.29, 0.717) is 0 Å². The van der Waals surface area contributed by atoms with E-state index in [2.05, 4.69) is 29.8 Å². The van der Waals surface area contributed by atoms with Gasteiger partial charge in [0.2, 0.25) is 0 Å². The Labute approximate surface area is 165 Å². The molecule has 150 valence electrons. The van der Waals surface area contributed by atoms with E-state index in [4.69, 9.17) is 0 Å². The maximum atomic E-state index is 11.6. The van der Waals surface area contributed by atoms with Crippen LogP contribution in [-0.4, -0.2) is 16.4 Å². The van der Waals surface area contributed by atoms with Crippen LogP contribution in [0.1, 0.15) is 117 Å². The average molecular weight is 419 g/mol. The van der Waals surface area contributed by atoms with Crippen molar-refractivity contribution in [1.82, 2.24) is 0 Å². The molecule has 0 spiro atoms. The van der Waals surface area contributed by atoms with Crippen LogP contribution >= 0.6 is 15.9 Å². The van der Waals surface area contributed by atoms with E-state index in [0.717, 1.165) is 49.8 Å². The number of hydrogen-bond donors (Lipinski definition) is 1. The van der Waals surface area contributed by atoms with E-state index >= 15 is 0 Å². The third-order valence-corrected chi connectivity index (χ3v) is 5.95. The van der Waals surface area contributed by atoms with Gasteiger partial charge in [-0.3, -0.25) is 4.79 Å². The quantitative estimate of drug-likeness (QED) is 0.170. The van der Waals surface area contributed by atoms with Crippen molar-refractivity contribution < 1.29 is 9.90 Å². The lowest BCUT2D eigenvalue weighted by Gasteiger charge is -2.19. The molecule has 0 aliphatic rings. The van der Waals surface area contributed by atoms with E-state index < -0.39 is 5.97 Å². The molecule has 25 heavy (non-hydrogen) atoms. The summed E-state index contributed by atoms with van der Waals surface area (Å²) in [6.45, 7) is 4.52. The van der Waals surface area contributed by atoms with Crippen LogP contribution in [0.3, 0.4) is 0 Å². The number of rotatable bonds is 19. The lowest BCUT2D eigenvalue weighted by atomic mass is 9.86. The smallest absolute Gasteiger partial charge is 0.306 e. The third kappa shape index (κ3) is 15.9. The van der Waals surface area contributed by atoms with Gasteiger partial charge in [-0.05, 0) is 31.6 Å². The van der Waals surface area contributed by atoms with E-state index in [9.17, 15) is 9.90 Å². The Kier molecular flexibility index (Phi) is 18.7. The highest BCUT2D eigenvalue weighted by atomic mass is 79.9. The van der Waals surface area contributed by atoms with Crippen molar-refractivity contribution in [3.05, 3.63) is 0 Å². The fourth-order valence-electron chi connectivity index (χ4n) is 3.64. The van der Waals surface area contributed by atoms with Crippen LogP contribution in [0.15, 0.2) is 0 Å². The van der Waals surface area contributed by atoms with Gasteiger partial charge in [0.05, 0.1) is 5.92 Å². The highest BCUT2D eigenvalue weighted by molar-refractivity contribution is 9.09. The fraction of sp³-hybridized carbons (Fsp3) is 0.955. The molecule has 1 atom stereocenters. The zero-order valence-corrected chi connectivity index (χ0v) is 18.5. The molecule has 0 aromatic heterocycles. The van der Waals surface area contributed by atoms with Crippen LogP contribution in [0.25, 0.3) is 0 Å². The molecule has 0 fully saturated rings. The minimum atomic E-state index is -0.574. The number of hydrogen-bond acceptors (Lipinski definition) is 1. The first kappa shape index (κ1) is 24.9. The summed E-state index contributed by atoms with van der Waals surface area (Å²) < 4.78 is 0. The summed E-state index contributed by atoms with van der Waals surface area (Å²) in [7, 11) is 0. The van der Waals surface area contributed by atoms with Crippen molar-refractivity contribution >= 4 is 21.9 Å². The minimum absolute atomic E-state index is 0.121. The van der Waals surface area contributed by atoms with Crippen LogP contribution in [-0.2, 0) is 4.79 Å². The molecule has 0 heterocycles. The monoisotopic (exact) mass is 418 g/mol. The van der Waals surface area contributed by atoms with Crippen LogP contribution in [0, 0.1) is 11.8 Å². The van der Waals surface area contributed by atoms with Gasteiger partial charge in [0.15, 0.2) is 0 Å². The second-order valence-corrected chi connectivity index (χ2v) is 8.51. The molecule has 0 aliphatic heterocycles. The lowest BCUT2D eigenvalue weighted by molar-refractivity contribution is -0.142. The number of aliphatic carboxylic acids is 1.